The van der Waals surface area contributed by atoms with Crippen molar-refractivity contribution in [2.24, 2.45) is 17.8 Å². The van der Waals surface area contributed by atoms with Crippen molar-refractivity contribution in [3.8, 4) is 0 Å². The Morgan fingerprint density at radius 2 is 1.65 bits per heavy atom. The van der Waals surface area contributed by atoms with Crippen molar-refractivity contribution in [3.63, 3.8) is 0 Å². The quantitative estimate of drug-likeness (QED) is 0.646. The van der Waals surface area contributed by atoms with Gasteiger partial charge in [0.05, 0.1) is 6.61 Å². The van der Waals surface area contributed by atoms with Crippen molar-refractivity contribution in [2.45, 2.75) is 44.8 Å². The molecule has 2 aromatic rings. The van der Waals surface area contributed by atoms with Crippen molar-refractivity contribution >= 4 is 5.97 Å². The number of benzene rings is 2. The van der Waals surface area contributed by atoms with Crippen LogP contribution in [0.15, 0.2) is 60.7 Å². The minimum Gasteiger partial charge on any atom is -0.466 e. The monoisotopic (exact) mass is 418 g/mol. The summed E-state index contributed by atoms with van der Waals surface area (Å²) in [4.78, 5) is 17.0. The number of likely N-dealkylation sites (tertiary alicyclic amines) is 2. The summed E-state index contributed by atoms with van der Waals surface area (Å²) in [5.74, 6) is 1.48. The Balaban J connectivity index is 1.45. The number of carbonyl (C=O) groups is 1. The predicted molar refractivity (Wildman–Crippen MR) is 122 cm³/mol. The zero-order valence-electron chi connectivity index (χ0n) is 18.5. The molecule has 0 unspecified atom stereocenters. The number of carbonyl (C=O) groups excluding carboxylic acids is 1. The Labute approximate surface area is 186 Å². The number of ether oxygens (including phenoxy) is 1. The van der Waals surface area contributed by atoms with E-state index >= 15 is 0 Å². The summed E-state index contributed by atoms with van der Waals surface area (Å²) in [5.41, 5.74) is 2.80. The second-order valence-electron chi connectivity index (χ2n) is 9.57. The van der Waals surface area contributed by atoms with Gasteiger partial charge in [-0.25, -0.2) is 0 Å². The van der Waals surface area contributed by atoms with Gasteiger partial charge in [-0.1, -0.05) is 67.1 Å². The van der Waals surface area contributed by atoms with Crippen LogP contribution in [0.2, 0.25) is 0 Å². The van der Waals surface area contributed by atoms with E-state index < -0.39 is 0 Å². The standard InChI is InChI=1S/C27H34N2O2/c1-20(30)31-19-24-23-18-29(17-21-11-5-2-6-12-21)26(22-13-7-3-8-14-22)25(23)27(24)28-15-9-4-10-16-28/h2-3,5-8,11-14,23-27H,4,9-10,15-19H2,1H3/t23-,24+,25+,26-,27-/m0/s1. The van der Waals surface area contributed by atoms with Crippen molar-refractivity contribution in [1.82, 2.24) is 9.80 Å². The van der Waals surface area contributed by atoms with Crippen LogP contribution in [0.3, 0.4) is 0 Å². The molecule has 0 radical (unpaired) electrons. The summed E-state index contributed by atoms with van der Waals surface area (Å²) in [7, 11) is 0. The second-order valence-corrected chi connectivity index (χ2v) is 9.57. The molecule has 1 aliphatic carbocycles. The molecule has 2 saturated heterocycles. The van der Waals surface area contributed by atoms with Crippen LogP contribution in [0.25, 0.3) is 0 Å². The summed E-state index contributed by atoms with van der Waals surface area (Å²) < 4.78 is 5.59. The zero-order valence-corrected chi connectivity index (χ0v) is 18.5. The van der Waals surface area contributed by atoms with Crippen LogP contribution in [0.4, 0.5) is 0 Å². The lowest BCUT2D eigenvalue weighted by Crippen LogP contribution is -2.62. The molecule has 2 aromatic carbocycles. The van der Waals surface area contributed by atoms with E-state index in [4.69, 9.17) is 4.74 Å². The minimum atomic E-state index is -0.153. The van der Waals surface area contributed by atoms with Gasteiger partial charge in [0.15, 0.2) is 0 Å². The molecule has 2 aliphatic heterocycles. The number of piperidine rings is 1. The Morgan fingerprint density at radius 3 is 2.32 bits per heavy atom. The Kier molecular flexibility index (Phi) is 6.10. The molecule has 4 nitrogen and oxygen atoms in total. The third-order valence-corrected chi connectivity index (χ3v) is 7.74. The lowest BCUT2D eigenvalue weighted by atomic mass is 9.59. The minimum absolute atomic E-state index is 0.153. The third kappa shape index (κ3) is 4.16. The highest BCUT2D eigenvalue weighted by atomic mass is 16.5. The van der Waals surface area contributed by atoms with Gasteiger partial charge in [-0.3, -0.25) is 14.6 Å². The lowest BCUT2D eigenvalue weighted by Gasteiger charge is -2.55. The van der Waals surface area contributed by atoms with E-state index in [2.05, 4.69) is 70.5 Å². The second kappa shape index (κ2) is 9.13. The van der Waals surface area contributed by atoms with Crippen LogP contribution >= 0.6 is 0 Å². The molecule has 0 amide bonds. The van der Waals surface area contributed by atoms with Crippen LogP contribution in [-0.2, 0) is 16.1 Å². The van der Waals surface area contributed by atoms with Gasteiger partial charge in [-0.15, -0.1) is 0 Å². The van der Waals surface area contributed by atoms with Gasteiger partial charge in [0.25, 0.3) is 0 Å². The molecule has 0 spiro atoms. The average molecular weight is 419 g/mol. The van der Waals surface area contributed by atoms with Crippen molar-refractivity contribution in [2.75, 3.05) is 26.2 Å². The van der Waals surface area contributed by atoms with E-state index in [-0.39, 0.29) is 5.97 Å². The van der Waals surface area contributed by atoms with Crippen LogP contribution in [-0.4, -0.2) is 48.1 Å². The Bertz CT molecular complexity index is 865. The van der Waals surface area contributed by atoms with Gasteiger partial charge in [0, 0.05) is 38.0 Å². The van der Waals surface area contributed by atoms with Gasteiger partial charge in [-0.05, 0) is 48.9 Å². The molecule has 0 aromatic heterocycles. The summed E-state index contributed by atoms with van der Waals surface area (Å²) >= 11 is 0. The Morgan fingerprint density at radius 1 is 0.968 bits per heavy atom. The fourth-order valence-corrected chi connectivity index (χ4v) is 6.47. The molecule has 0 bridgehead atoms. The number of nitrogens with zero attached hydrogens (tertiary/aromatic N) is 2. The number of hydrogen-bond donors (Lipinski definition) is 0. The van der Waals surface area contributed by atoms with E-state index in [0.29, 0.717) is 36.4 Å². The summed E-state index contributed by atoms with van der Waals surface area (Å²) in [5, 5.41) is 0. The lowest BCUT2D eigenvalue weighted by molar-refractivity contribution is -0.150. The topological polar surface area (TPSA) is 32.8 Å². The SMILES string of the molecule is CC(=O)OC[C@@H]1[C@@H]2CN(Cc3ccccc3)[C@@H](c3ccccc3)[C@@H]2[C@H]1N1CCCCC1. The van der Waals surface area contributed by atoms with Gasteiger partial charge < -0.3 is 4.74 Å². The predicted octanol–water partition coefficient (Wildman–Crippen LogP) is 4.52. The van der Waals surface area contributed by atoms with E-state index in [1.807, 2.05) is 0 Å². The normalized spacial score (nSPS) is 31.1. The van der Waals surface area contributed by atoms with Gasteiger partial charge >= 0.3 is 5.97 Å². The highest BCUT2D eigenvalue weighted by Gasteiger charge is 2.61. The largest absolute Gasteiger partial charge is 0.466 e. The van der Waals surface area contributed by atoms with E-state index in [0.717, 1.165) is 13.1 Å². The van der Waals surface area contributed by atoms with Crippen molar-refractivity contribution < 1.29 is 9.53 Å². The molecular formula is C27H34N2O2. The van der Waals surface area contributed by atoms with Gasteiger partial charge in [0.1, 0.15) is 0 Å². The van der Waals surface area contributed by atoms with Gasteiger partial charge in [0.2, 0.25) is 0 Å². The fraction of sp³-hybridized carbons (Fsp3) is 0.519. The first-order chi connectivity index (χ1) is 15.2. The molecular weight excluding hydrogens is 384 g/mol. The van der Waals surface area contributed by atoms with E-state index in [1.165, 1.54) is 50.4 Å². The maximum Gasteiger partial charge on any atom is 0.302 e. The molecule has 3 aliphatic rings. The first-order valence-electron chi connectivity index (χ1n) is 11.9. The van der Waals surface area contributed by atoms with Crippen molar-refractivity contribution in [3.05, 3.63) is 71.8 Å². The fourth-order valence-electron chi connectivity index (χ4n) is 6.47. The highest BCUT2D eigenvalue weighted by molar-refractivity contribution is 5.65. The molecule has 5 atom stereocenters. The number of rotatable bonds is 6. The smallest absolute Gasteiger partial charge is 0.302 e. The van der Waals surface area contributed by atoms with Gasteiger partial charge in [-0.2, -0.15) is 0 Å². The first kappa shape index (κ1) is 20.7. The molecule has 3 fully saturated rings. The molecule has 31 heavy (non-hydrogen) atoms. The molecule has 4 heteroatoms. The summed E-state index contributed by atoms with van der Waals surface area (Å²) in [6, 6.07) is 22.8. The highest BCUT2D eigenvalue weighted by Crippen LogP contribution is 2.57. The zero-order chi connectivity index (χ0) is 21.2. The maximum atomic E-state index is 11.6. The summed E-state index contributed by atoms with van der Waals surface area (Å²) in [6.07, 6.45) is 3.92. The van der Waals surface area contributed by atoms with Crippen LogP contribution < -0.4 is 0 Å². The van der Waals surface area contributed by atoms with E-state index in [9.17, 15) is 4.79 Å². The van der Waals surface area contributed by atoms with Crippen LogP contribution in [0.5, 0.6) is 0 Å². The number of fused-ring (bicyclic) bond motifs is 1. The number of esters is 1. The van der Waals surface area contributed by atoms with Crippen molar-refractivity contribution in [1.29, 1.82) is 0 Å². The molecule has 0 N–H and O–H groups in total. The molecule has 2 heterocycles. The van der Waals surface area contributed by atoms with Crippen LogP contribution in [0.1, 0.15) is 43.4 Å². The molecule has 164 valence electrons. The first-order valence-corrected chi connectivity index (χ1v) is 11.9. The van der Waals surface area contributed by atoms with E-state index in [1.54, 1.807) is 0 Å². The third-order valence-electron chi connectivity index (χ3n) is 7.74. The summed E-state index contributed by atoms with van der Waals surface area (Å²) in [6.45, 7) is 6.53. The average Bonchev–Trinajstić information content (AvgIpc) is 3.10. The van der Waals surface area contributed by atoms with Crippen LogP contribution in [0, 0.1) is 17.8 Å². The molecule has 1 saturated carbocycles. The maximum absolute atomic E-state index is 11.6. The Hall–Kier alpha value is -2.17. The molecule has 5 rings (SSSR count). The number of hydrogen-bond acceptors (Lipinski definition) is 4.